The summed E-state index contributed by atoms with van der Waals surface area (Å²) < 4.78 is 7.25. The molecule has 0 spiro atoms. The van der Waals surface area contributed by atoms with Gasteiger partial charge in [0.15, 0.2) is 5.82 Å². The van der Waals surface area contributed by atoms with E-state index in [1.807, 2.05) is 21.6 Å². The smallest absolute Gasteiger partial charge is 0.318 e. The van der Waals surface area contributed by atoms with Crippen LogP contribution in [-0.2, 0) is 13.1 Å². The van der Waals surface area contributed by atoms with Crippen LogP contribution in [0.4, 0.5) is 4.79 Å². The number of likely N-dealkylation sites (tertiary alicyclic amines) is 1. The highest BCUT2D eigenvalue weighted by atomic mass is 16.3. The highest BCUT2D eigenvalue weighted by molar-refractivity contribution is 5.74. The number of aromatic nitrogens is 3. The molecule has 7 nitrogen and oxygen atoms in total. The van der Waals surface area contributed by atoms with E-state index in [1.54, 1.807) is 12.6 Å². The average Bonchev–Trinajstić information content (AvgIpc) is 3.23. The summed E-state index contributed by atoms with van der Waals surface area (Å²) in [5, 5.41) is 11.1. The van der Waals surface area contributed by atoms with Gasteiger partial charge in [-0.3, -0.25) is 0 Å². The average molecular weight is 303 g/mol. The lowest BCUT2D eigenvalue weighted by atomic mass is 10.0. The van der Waals surface area contributed by atoms with Crippen molar-refractivity contribution in [2.45, 2.75) is 45.3 Å². The number of piperidine rings is 1. The zero-order valence-electron chi connectivity index (χ0n) is 12.7. The molecule has 1 aliphatic rings. The first kappa shape index (κ1) is 14.6. The van der Waals surface area contributed by atoms with Gasteiger partial charge in [-0.25, -0.2) is 4.79 Å². The number of rotatable bonds is 4. The third kappa shape index (κ3) is 2.98. The second-order valence-electron chi connectivity index (χ2n) is 5.42. The van der Waals surface area contributed by atoms with E-state index in [2.05, 4.69) is 22.4 Å². The van der Waals surface area contributed by atoms with Gasteiger partial charge in [-0.2, -0.15) is 0 Å². The van der Waals surface area contributed by atoms with Gasteiger partial charge >= 0.3 is 6.03 Å². The van der Waals surface area contributed by atoms with Gasteiger partial charge in [0.2, 0.25) is 0 Å². The molecule has 0 bridgehead atoms. The van der Waals surface area contributed by atoms with Gasteiger partial charge in [-0.15, -0.1) is 10.2 Å². The number of furan rings is 1. The predicted octanol–water partition coefficient (Wildman–Crippen LogP) is 2.33. The SMILES string of the molecule is CCn1cnnc1[C@@H]1CCCCN1C(=O)NCc1ccco1. The molecule has 1 saturated heterocycles. The number of hydrogen-bond acceptors (Lipinski definition) is 4. The lowest BCUT2D eigenvalue weighted by Crippen LogP contribution is -2.45. The summed E-state index contributed by atoms with van der Waals surface area (Å²) in [7, 11) is 0. The number of aryl methyl sites for hydroxylation is 1. The molecule has 1 N–H and O–H groups in total. The Morgan fingerprint density at radius 3 is 3.18 bits per heavy atom. The van der Waals surface area contributed by atoms with Crippen LogP contribution in [-0.4, -0.2) is 32.2 Å². The van der Waals surface area contributed by atoms with Crippen molar-refractivity contribution in [3.8, 4) is 0 Å². The summed E-state index contributed by atoms with van der Waals surface area (Å²) >= 11 is 0. The Morgan fingerprint density at radius 1 is 1.50 bits per heavy atom. The molecule has 2 amide bonds. The fraction of sp³-hybridized carbons (Fsp3) is 0.533. The van der Waals surface area contributed by atoms with E-state index < -0.39 is 0 Å². The lowest BCUT2D eigenvalue weighted by molar-refractivity contribution is 0.144. The van der Waals surface area contributed by atoms with Crippen LogP contribution in [0.25, 0.3) is 0 Å². The monoisotopic (exact) mass is 303 g/mol. The van der Waals surface area contributed by atoms with Crippen LogP contribution >= 0.6 is 0 Å². The Bertz CT molecular complexity index is 607. The standard InChI is InChI=1S/C15H21N5O2/c1-2-19-11-17-18-14(19)13-7-3-4-8-20(13)15(21)16-10-12-6-5-9-22-12/h5-6,9,11,13H,2-4,7-8,10H2,1H3,(H,16,21)/t13-/m0/s1. The quantitative estimate of drug-likeness (QED) is 0.940. The molecule has 1 fully saturated rings. The number of nitrogens with one attached hydrogen (secondary N) is 1. The van der Waals surface area contributed by atoms with E-state index in [4.69, 9.17) is 4.42 Å². The third-order valence-electron chi connectivity index (χ3n) is 4.04. The Kier molecular flexibility index (Phi) is 4.41. The Balaban J connectivity index is 1.70. The number of carbonyl (C=O) groups is 1. The van der Waals surface area contributed by atoms with Crippen molar-refractivity contribution in [1.82, 2.24) is 25.0 Å². The number of carbonyl (C=O) groups excluding carboxylic acids is 1. The summed E-state index contributed by atoms with van der Waals surface area (Å²) in [6.07, 6.45) is 6.37. The van der Waals surface area contributed by atoms with Crippen LogP contribution < -0.4 is 5.32 Å². The van der Waals surface area contributed by atoms with E-state index in [0.29, 0.717) is 6.54 Å². The number of nitrogens with zero attached hydrogens (tertiary/aromatic N) is 4. The maximum Gasteiger partial charge on any atom is 0.318 e. The normalized spacial score (nSPS) is 18.4. The Morgan fingerprint density at radius 2 is 2.41 bits per heavy atom. The van der Waals surface area contributed by atoms with Crippen molar-refractivity contribution in [2.75, 3.05) is 6.54 Å². The van der Waals surface area contributed by atoms with E-state index in [9.17, 15) is 4.79 Å². The molecule has 1 atom stereocenters. The molecule has 22 heavy (non-hydrogen) atoms. The molecule has 7 heteroatoms. The van der Waals surface area contributed by atoms with Crippen molar-refractivity contribution >= 4 is 6.03 Å². The molecule has 0 radical (unpaired) electrons. The van der Waals surface area contributed by atoms with Gasteiger partial charge < -0.3 is 19.2 Å². The van der Waals surface area contributed by atoms with Gasteiger partial charge in [0, 0.05) is 13.1 Å². The highest BCUT2D eigenvalue weighted by Gasteiger charge is 2.31. The van der Waals surface area contributed by atoms with E-state index in [1.165, 1.54) is 0 Å². The minimum atomic E-state index is -0.0771. The largest absolute Gasteiger partial charge is 0.467 e. The first-order valence-corrected chi connectivity index (χ1v) is 7.74. The number of amides is 2. The molecule has 0 aliphatic carbocycles. The summed E-state index contributed by atoms with van der Waals surface area (Å²) in [5.41, 5.74) is 0. The van der Waals surface area contributed by atoms with Crippen molar-refractivity contribution < 1.29 is 9.21 Å². The summed E-state index contributed by atoms with van der Waals surface area (Å²) in [6, 6.07) is 3.58. The fourth-order valence-corrected chi connectivity index (χ4v) is 2.89. The maximum absolute atomic E-state index is 12.5. The van der Waals surface area contributed by atoms with Crippen molar-refractivity contribution in [2.24, 2.45) is 0 Å². The van der Waals surface area contributed by atoms with Crippen LogP contribution in [0, 0.1) is 0 Å². The van der Waals surface area contributed by atoms with Gasteiger partial charge in [0.05, 0.1) is 18.8 Å². The van der Waals surface area contributed by atoms with Gasteiger partial charge in [-0.1, -0.05) is 0 Å². The second-order valence-corrected chi connectivity index (χ2v) is 5.42. The molecule has 2 aromatic heterocycles. The van der Waals surface area contributed by atoms with Crippen molar-refractivity contribution in [3.05, 3.63) is 36.3 Å². The first-order valence-electron chi connectivity index (χ1n) is 7.74. The zero-order chi connectivity index (χ0) is 15.4. The number of urea groups is 1. The molecule has 0 saturated carbocycles. The summed E-state index contributed by atoms with van der Waals surface area (Å²) in [5.74, 6) is 1.62. The predicted molar refractivity (Wildman–Crippen MR) is 79.9 cm³/mol. The summed E-state index contributed by atoms with van der Waals surface area (Å²) in [6.45, 7) is 4.00. The van der Waals surface area contributed by atoms with Gasteiger partial charge in [0.25, 0.3) is 0 Å². The fourth-order valence-electron chi connectivity index (χ4n) is 2.89. The van der Waals surface area contributed by atoms with Crippen LogP contribution in [0.3, 0.4) is 0 Å². The zero-order valence-corrected chi connectivity index (χ0v) is 12.7. The Hall–Kier alpha value is -2.31. The minimum absolute atomic E-state index is 0.00667. The van der Waals surface area contributed by atoms with Gasteiger partial charge in [0.1, 0.15) is 12.1 Å². The minimum Gasteiger partial charge on any atom is -0.467 e. The van der Waals surface area contributed by atoms with Crippen LogP contribution in [0.5, 0.6) is 0 Å². The van der Waals surface area contributed by atoms with Crippen molar-refractivity contribution in [3.63, 3.8) is 0 Å². The molecule has 2 aromatic rings. The maximum atomic E-state index is 12.5. The van der Waals surface area contributed by atoms with E-state index in [-0.39, 0.29) is 12.1 Å². The molecule has 118 valence electrons. The molecule has 0 aromatic carbocycles. The molecule has 3 rings (SSSR count). The van der Waals surface area contributed by atoms with E-state index >= 15 is 0 Å². The molecule has 0 unspecified atom stereocenters. The topological polar surface area (TPSA) is 76.2 Å². The van der Waals surface area contributed by atoms with Crippen molar-refractivity contribution in [1.29, 1.82) is 0 Å². The van der Waals surface area contributed by atoms with Gasteiger partial charge in [-0.05, 0) is 38.3 Å². The van der Waals surface area contributed by atoms with Crippen LogP contribution in [0.15, 0.2) is 29.1 Å². The second kappa shape index (κ2) is 6.64. The number of hydrogen-bond donors (Lipinski definition) is 1. The lowest BCUT2D eigenvalue weighted by Gasteiger charge is -2.35. The molecule has 3 heterocycles. The molecule has 1 aliphatic heterocycles. The highest BCUT2D eigenvalue weighted by Crippen LogP contribution is 2.29. The van der Waals surface area contributed by atoms with Crippen LogP contribution in [0.1, 0.15) is 43.8 Å². The molecular formula is C15H21N5O2. The van der Waals surface area contributed by atoms with E-state index in [0.717, 1.165) is 43.9 Å². The summed E-state index contributed by atoms with van der Waals surface area (Å²) in [4.78, 5) is 14.4. The third-order valence-corrected chi connectivity index (χ3v) is 4.04. The molecular weight excluding hydrogens is 282 g/mol. The van der Waals surface area contributed by atoms with Crippen LogP contribution in [0.2, 0.25) is 0 Å². The Labute approximate surface area is 129 Å². The first-order chi connectivity index (χ1) is 10.8.